The molecule has 0 bridgehead atoms. The highest BCUT2D eigenvalue weighted by atomic mass is 35.5. The lowest BCUT2D eigenvalue weighted by atomic mass is 10.1. The smallest absolute Gasteiger partial charge is 0.266 e. The quantitative estimate of drug-likeness (QED) is 0.674. The lowest BCUT2D eigenvalue weighted by Crippen LogP contribution is -2.29. The Kier molecular flexibility index (Phi) is 4.67. The van der Waals surface area contributed by atoms with Gasteiger partial charge in [0.2, 0.25) is 5.91 Å². The largest absolute Gasteiger partial charge is 0.326 e. The maximum absolute atomic E-state index is 12.5. The number of nitrogens with zero attached hydrogens (tertiary/aromatic N) is 1. The van der Waals surface area contributed by atoms with E-state index < -0.39 is 0 Å². The van der Waals surface area contributed by atoms with E-state index in [0.29, 0.717) is 27.5 Å². The first-order chi connectivity index (χ1) is 13.5. The number of anilines is 2. The van der Waals surface area contributed by atoms with Crippen molar-refractivity contribution in [1.82, 2.24) is 0 Å². The van der Waals surface area contributed by atoms with Gasteiger partial charge >= 0.3 is 0 Å². The van der Waals surface area contributed by atoms with Crippen molar-refractivity contribution in [3.8, 4) is 0 Å². The molecule has 5 nitrogen and oxygen atoms in total. The fraction of sp³-hybridized carbons (Fsp3) is 0.0455. The Hall–Kier alpha value is -3.44. The number of carbonyl (C=O) groups is 3. The lowest BCUT2D eigenvalue weighted by Gasteiger charge is -2.14. The molecule has 3 aromatic carbocycles. The number of rotatable bonds is 4. The van der Waals surface area contributed by atoms with Gasteiger partial charge in [0.05, 0.1) is 23.2 Å². The minimum absolute atomic E-state index is 0.162. The van der Waals surface area contributed by atoms with E-state index in [1.165, 1.54) is 0 Å². The number of carbonyl (C=O) groups excluding carboxylic acids is 3. The molecule has 0 aromatic heterocycles. The van der Waals surface area contributed by atoms with Crippen LogP contribution in [0.2, 0.25) is 5.02 Å². The number of nitrogens with one attached hydrogen (secondary N) is 1. The molecule has 0 radical (unpaired) electrons. The highest BCUT2D eigenvalue weighted by Crippen LogP contribution is 2.28. The molecule has 3 amide bonds. The molecule has 0 atom stereocenters. The number of hydrogen-bond donors (Lipinski definition) is 1. The number of amides is 3. The third kappa shape index (κ3) is 3.40. The fourth-order valence-electron chi connectivity index (χ4n) is 3.14. The van der Waals surface area contributed by atoms with Crippen LogP contribution in [-0.4, -0.2) is 17.7 Å². The van der Waals surface area contributed by atoms with Gasteiger partial charge in [0.25, 0.3) is 11.8 Å². The van der Waals surface area contributed by atoms with E-state index in [1.54, 1.807) is 72.8 Å². The topological polar surface area (TPSA) is 66.5 Å². The molecule has 0 saturated heterocycles. The first-order valence-electron chi connectivity index (χ1n) is 8.65. The van der Waals surface area contributed by atoms with Crippen LogP contribution in [0.5, 0.6) is 0 Å². The van der Waals surface area contributed by atoms with Crippen molar-refractivity contribution in [2.45, 2.75) is 6.42 Å². The summed E-state index contributed by atoms with van der Waals surface area (Å²) < 4.78 is 0. The van der Waals surface area contributed by atoms with Crippen molar-refractivity contribution in [1.29, 1.82) is 0 Å². The van der Waals surface area contributed by atoms with Crippen LogP contribution in [0.4, 0.5) is 11.4 Å². The molecule has 0 saturated carbocycles. The van der Waals surface area contributed by atoms with Crippen LogP contribution < -0.4 is 10.2 Å². The van der Waals surface area contributed by atoms with Crippen molar-refractivity contribution in [2.75, 3.05) is 10.2 Å². The summed E-state index contributed by atoms with van der Waals surface area (Å²) in [5.74, 6) is -0.866. The second kappa shape index (κ2) is 7.29. The van der Waals surface area contributed by atoms with E-state index in [2.05, 4.69) is 5.32 Å². The molecular formula is C22H15ClN2O3. The molecule has 0 spiro atoms. The summed E-state index contributed by atoms with van der Waals surface area (Å²) in [4.78, 5) is 38.4. The molecule has 0 unspecified atom stereocenters. The highest BCUT2D eigenvalue weighted by Gasteiger charge is 2.36. The van der Waals surface area contributed by atoms with Crippen molar-refractivity contribution in [2.24, 2.45) is 0 Å². The van der Waals surface area contributed by atoms with Gasteiger partial charge < -0.3 is 5.32 Å². The van der Waals surface area contributed by atoms with Crippen LogP contribution in [0.25, 0.3) is 0 Å². The second-order valence-corrected chi connectivity index (χ2v) is 6.83. The standard InChI is InChI=1S/C22H15ClN2O3/c23-15-4-3-5-16(13-15)24-20(26)12-14-8-10-17(11-9-14)25-21(27)18-6-1-2-7-19(18)22(25)28/h1-11,13H,12H2,(H,24,26). The van der Waals surface area contributed by atoms with Gasteiger partial charge in [-0.25, -0.2) is 4.90 Å². The second-order valence-electron chi connectivity index (χ2n) is 6.39. The molecule has 4 rings (SSSR count). The summed E-state index contributed by atoms with van der Waals surface area (Å²) in [7, 11) is 0. The van der Waals surface area contributed by atoms with Crippen molar-refractivity contribution in [3.05, 3.63) is 94.5 Å². The van der Waals surface area contributed by atoms with Gasteiger partial charge in [-0.15, -0.1) is 0 Å². The number of benzene rings is 3. The van der Waals surface area contributed by atoms with Crippen LogP contribution >= 0.6 is 11.6 Å². The zero-order valence-electron chi connectivity index (χ0n) is 14.7. The Labute approximate surface area is 166 Å². The Morgan fingerprint density at radius 1 is 0.857 bits per heavy atom. The third-order valence-corrected chi connectivity index (χ3v) is 4.70. The van der Waals surface area contributed by atoms with E-state index in [9.17, 15) is 14.4 Å². The van der Waals surface area contributed by atoms with Crippen molar-refractivity contribution < 1.29 is 14.4 Å². The summed E-state index contributed by atoms with van der Waals surface area (Å²) in [5, 5.41) is 3.33. The highest BCUT2D eigenvalue weighted by molar-refractivity contribution is 6.34. The molecule has 138 valence electrons. The monoisotopic (exact) mass is 390 g/mol. The minimum Gasteiger partial charge on any atom is -0.326 e. The maximum Gasteiger partial charge on any atom is 0.266 e. The first-order valence-corrected chi connectivity index (χ1v) is 9.03. The summed E-state index contributed by atoms with van der Waals surface area (Å²) in [6.07, 6.45) is 0.162. The van der Waals surface area contributed by atoms with Crippen LogP contribution in [0.1, 0.15) is 26.3 Å². The summed E-state index contributed by atoms with van der Waals surface area (Å²) >= 11 is 5.91. The normalized spacial score (nSPS) is 12.8. The molecule has 1 N–H and O–H groups in total. The van der Waals surface area contributed by atoms with Crippen molar-refractivity contribution >= 4 is 40.7 Å². The van der Waals surface area contributed by atoms with Gasteiger partial charge in [-0.05, 0) is 48.0 Å². The Morgan fingerprint density at radius 3 is 2.11 bits per heavy atom. The molecule has 1 aliphatic heterocycles. The predicted molar refractivity (Wildman–Crippen MR) is 108 cm³/mol. The summed E-state index contributed by atoms with van der Waals surface area (Å²) in [6.45, 7) is 0. The van der Waals surface area contributed by atoms with Crippen LogP contribution in [0.15, 0.2) is 72.8 Å². The average molecular weight is 391 g/mol. The van der Waals surface area contributed by atoms with Gasteiger partial charge in [-0.1, -0.05) is 41.9 Å². The molecule has 3 aromatic rings. The molecule has 28 heavy (non-hydrogen) atoms. The van der Waals surface area contributed by atoms with Crippen LogP contribution in [0.3, 0.4) is 0 Å². The van der Waals surface area contributed by atoms with Gasteiger partial charge in [0.15, 0.2) is 0 Å². The van der Waals surface area contributed by atoms with Gasteiger partial charge in [-0.3, -0.25) is 14.4 Å². The molecule has 6 heteroatoms. The first kappa shape index (κ1) is 17.9. The van der Waals surface area contributed by atoms with E-state index in [4.69, 9.17) is 11.6 Å². The molecule has 1 aliphatic rings. The number of imide groups is 1. The molecule has 1 heterocycles. The van der Waals surface area contributed by atoms with E-state index >= 15 is 0 Å². The Balaban J connectivity index is 1.47. The number of hydrogen-bond acceptors (Lipinski definition) is 3. The Morgan fingerprint density at radius 2 is 1.50 bits per heavy atom. The zero-order valence-corrected chi connectivity index (χ0v) is 15.4. The SMILES string of the molecule is O=C(Cc1ccc(N2C(=O)c3ccccc3C2=O)cc1)Nc1cccc(Cl)c1. The maximum atomic E-state index is 12.5. The third-order valence-electron chi connectivity index (χ3n) is 4.46. The summed E-state index contributed by atoms with van der Waals surface area (Å²) in [5.41, 5.74) is 2.67. The van der Waals surface area contributed by atoms with Gasteiger partial charge in [0, 0.05) is 10.7 Å². The van der Waals surface area contributed by atoms with E-state index in [1.807, 2.05) is 0 Å². The van der Waals surface area contributed by atoms with Gasteiger partial charge in [-0.2, -0.15) is 0 Å². The van der Waals surface area contributed by atoms with Crippen LogP contribution in [-0.2, 0) is 11.2 Å². The predicted octanol–water partition coefficient (Wildman–Crippen LogP) is 4.32. The number of fused-ring (bicyclic) bond motifs is 1. The molecule has 0 fully saturated rings. The fourth-order valence-corrected chi connectivity index (χ4v) is 3.33. The van der Waals surface area contributed by atoms with Crippen molar-refractivity contribution in [3.63, 3.8) is 0 Å². The summed E-state index contributed by atoms with van der Waals surface area (Å²) in [6, 6.07) is 20.5. The minimum atomic E-state index is -0.341. The van der Waals surface area contributed by atoms with E-state index in [-0.39, 0.29) is 24.1 Å². The molecular weight excluding hydrogens is 376 g/mol. The van der Waals surface area contributed by atoms with E-state index in [0.717, 1.165) is 10.5 Å². The van der Waals surface area contributed by atoms with Crippen LogP contribution in [0, 0.1) is 0 Å². The number of halogens is 1. The van der Waals surface area contributed by atoms with Gasteiger partial charge in [0.1, 0.15) is 0 Å². The average Bonchev–Trinajstić information content (AvgIpc) is 2.93. The zero-order chi connectivity index (χ0) is 19.7. The lowest BCUT2D eigenvalue weighted by molar-refractivity contribution is -0.115. The molecule has 0 aliphatic carbocycles. The Bertz CT molecular complexity index is 1060.